The van der Waals surface area contributed by atoms with Crippen LogP contribution in [-0.4, -0.2) is 9.55 Å². The molecule has 0 fully saturated rings. The Morgan fingerprint density at radius 3 is 2.42 bits per heavy atom. The van der Waals surface area contributed by atoms with Gasteiger partial charge >= 0.3 is 0 Å². The van der Waals surface area contributed by atoms with Gasteiger partial charge in [0.1, 0.15) is 17.4 Å². The molecule has 1 heterocycles. The van der Waals surface area contributed by atoms with E-state index in [4.69, 9.17) is 10.5 Å². The highest BCUT2D eigenvalue weighted by molar-refractivity contribution is 9.10. The van der Waals surface area contributed by atoms with Gasteiger partial charge in [0.25, 0.3) is 5.56 Å². The molecule has 0 saturated heterocycles. The molecule has 122 valence electrons. The maximum Gasteiger partial charge on any atom is 0.276 e. The fourth-order valence-corrected chi connectivity index (χ4v) is 2.63. The van der Waals surface area contributed by atoms with Crippen molar-refractivity contribution in [3.8, 4) is 11.6 Å². The van der Waals surface area contributed by atoms with Crippen molar-refractivity contribution in [1.82, 2.24) is 9.55 Å². The number of hydrogen-bond donors (Lipinski definition) is 1. The average Bonchev–Trinajstić information content (AvgIpc) is 2.64. The largest absolute Gasteiger partial charge is 0.472 e. The third kappa shape index (κ3) is 3.55. The lowest BCUT2D eigenvalue weighted by Gasteiger charge is -2.10. The van der Waals surface area contributed by atoms with Gasteiger partial charge in [-0.25, -0.2) is 4.98 Å². The van der Waals surface area contributed by atoms with Crippen LogP contribution in [0.3, 0.4) is 0 Å². The summed E-state index contributed by atoms with van der Waals surface area (Å²) in [6.07, 6.45) is 1.46. The average molecular weight is 386 g/mol. The first-order chi connectivity index (χ1) is 11.7. The van der Waals surface area contributed by atoms with Crippen molar-refractivity contribution in [1.29, 1.82) is 0 Å². The first-order valence-electron chi connectivity index (χ1n) is 7.42. The van der Waals surface area contributed by atoms with Crippen LogP contribution in [0.15, 0.2) is 70.2 Å². The zero-order chi connectivity index (χ0) is 16.9. The van der Waals surface area contributed by atoms with Crippen LogP contribution in [0.4, 0.5) is 0 Å². The molecule has 3 rings (SSSR count). The van der Waals surface area contributed by atoms with Crippen LogP contribution in [0.2, 0.25) is 0 Å². The van der Waals surface area contributed by atoms with Gasteiger partial charge in [-0.05, 0) is 39.2 Å². The van der Waals surface area contributed by atoms with Gasteiger partial charge in [0.05, 0.1) is 5.69 Å². The Morgan fingerprint density at radius 2 is 1.75 bits per heavy atom. The number of nitrogens with zero attached hydrogens (tertiary/aromatic N) is 2. The quantitative estimate of drug-likeness (QED) is 0.732. The minimum atomic E-state index is -0.228. The lowest BCUT2D eigenvalue weighted by Crippen LogP contribution is -2.20. The van der Waals surface area contributed by atoms with E-state index in [2.05, 4.69) is 20.9 Å². The van der Waals surface area contributed by atoms with Crippen LogP contribution in [0, 0.1) is 0 Å². The second-order valence-electron chi connectivity index (χ2n) is 5.18. The van der Waals surface area contributed by atoms with E-state index < -0.39 is 0 Å². The van der Waals surface area contributed by atoms with E-state index >= 15 is 0 Å². The van der Waals surface area contributed by atoms with Gasteiger partial charge in [-0.2, -0.15) is 0 Å². The molecule has 6 heteroatoms. The second-order valence-corrected chi connectivity index (χ2v) is 5.98. The summed E-state index contributed by atoms with van der Waals surface area (Å²) in [6, 6.07) is 17.2. The van der Waals surface area contributed by atoms with Crippen molar-refractivity contribution < 1.29 is 4.74 Å². The summed E-state index contributed by atoms with van der Waals surface area (Å²) in [4.78, 5) is 16.8. The molecule has 3 aromatic rings. The van der Waals surface area contributed by atoms with E-state index in [9.17, 15) is 4.79 Å². The highest BCUT2D eigenvalue weighted by Gasteiger charge is 2.11. The molecule has 2 aromatic carbocycles. The van der Waals surface area contributed by atoms with Crippen molar-refractivity contribution in [2.75, 3.05) is 0 Å². The zero-order valence-corrected chi connectivity index (χ0v) is 14.4. The molecular formula is C18H16BrN3O2. The summed E-state index contributed by atoms with van der Waals surface area (Å²) >= 11 is 3.29. The molecule has 0 spiro atoms. The maximum absolute atomic E-state index is 12.5. The molecule has 0 aliphatic rings. The summed E-state index contributed by atoms with van der Waals surface area (Å²) in [5.74, 6) is 0.277. The molecule has 1 aromatic heterocycles. The number of nitrogens with two attached hydrogens (primary N) is 1. The molecule has 0 bridgehead atoms. The summed E-state index contributed by atoms with van der Waals surface area (Å²) in [7, 11) is 0. The molecule has 0 aliphatic heterocycles. The zero-order valence-electron chi connectivity index (χ0n) is 12.9. The van der Waals surface area contributed by atoms with Crippen molar-refractivity contribution in [2.45, 2.75) is 13.2 Å². The molecule has 0 atom stereocenters. The SMILES string of the molecule is NCc1ccc(-n2cnc(OCc3ccccc3)c(Br)c2=O)cc1. The monoisotopic (exact) mass is 385 g/mol. The van der Waals surface area contributed by atoms with Crippen molar-refractivity contribution in [3.63, 3.8) is 0 Å². The maximum atomic E-state index is 12.5. The lowest BCUT2D eigenvalue weighted by atomic mass is 10.2. The Labute approximate surface area is 147 Å². The highest BCUT2D eigenvalue weighted by Crippen LogP contribution is 2.19. The Hall–Kier alpha value is -2.44. The van der Waals surface area contributed by atoms with Crippen LogP contribution in [0.25, 0.3) is 5.69 Å². The van der Waals surface area contributed by atoms with E-state index in [1.165, 1.54) is 10.9 Å². The van der Waals surface area contributed by atoms with Crippen LogP contribution in [-0.2, 0) is 13.2 Å². The van der Waals surface area contributed by atoms with E-state index in [0.29, 0.717) is 17.6 Å². The summed E-state index contributed by atoms with van der Waals surface area (Å²) in [5.41, 5.74) is 8.09. The van der Waals surface area contributed by atoms with Crippen molar-refractivity contribution in [3.05, 3.63) is 86.9 Å². The second kappa shape index (κ2) is 7.42. The Bertz CT molecular complexity index is 877. The molecule has 24 heavy (non-hydrogen) atoms. The van der Waals surface area contributed by atoms with E-state index in [1.807, 2.05) is 54.6 Å². The van der Waals surface area contributed by atoms with E-state index in [1.54, 1.807) is 0 Å². The highest BCUT2D eigenvalue weighted by atomic mass is 79.9. The number of benzene rings is 2. The predicted molar refractivity (Wildman–Crippen MR) is 96.2 cm³/mol. The Morgan fingerprint density at radius 1 is 1.04 bits per heavy atom. The summed E-state index contributed by atoms with van der Waals surface area (Å²) < 4.78 is 7.40. The molecule has 2 N–H and O–H groups in total. The van der Waals surface area contributed by atoms with E-state index in [-0.39, 0.29) is 11.4 Å². The number of halogens is 1. The summed E-state index contributed by atoms with van der Waals surface area (Å²) in [5, 5.41) is 0. The van der Waals surface area contributed by atoms with Gasteiger partial charge in [0.15, 0.2) is 0 Å². The Balaban J connectivity index is 1.84. The predicted octanol–water partition coefficient (Wildman–Crippen LogP) is 3.03. The minimum absolute atomic E-state index is 0.228. The normalized spacial score (nSPS) is 10.6. The molecule has 0 radical (unpaired) electrons. The molecule has 5 nitrogen and oxygen atoms in total. The van der Waals surface area contributed by atoms with Crippen LogP contribution in [0.5, 0.6) is 5.88 Å². The van der Waals surface area contributed by atoms with Gasteiger partial charge in [0, 0.05) is 6.54 Å². The molecular weight excluding hydrogens is 370 g/mol. The number of aromatic nitrogens is 2. The van der Waals surface area contributed by atoms with Gasteiger partial charge in [-0.15, -0.1) is 0 Å². The third-order valence-corrected chi connectivity index (χ3v) is 4.23. The molecule has 0 amide bonds. The number of rotatable bonds is 5. The lowest BCUT2D eigenvalue weighted by molar-refractivity contribution is 0.290. The van der Waals surface area contributed by atoms with Crippen LogP contribution in [0.1, 0.15) is 11.1 Å². The fraction of sp³-hybridized carbons (Fsp3) is 0.111. The third-order valence-electron chi connectivity index (χ3n) is 3.55. The van der Waals surface area contributed by atoms with Gasteiger partial charge in [-0.1, -0.05) is 42.5 Å². The number of hydrogen-bond acceptors (Lipinski definition) is 4. The van der Waals surface area contributed by atoms with E-state index in [0.717, 1.165) is 16.8 Å². The number of ether oxygens (including phenoxy) is 1. The Kier molecular flexibility index (Phi) is 5.08. The first-order valence-corrected chi connectivity index (χ1v) is 8.21. The van der Waals surface area contributed by atoms with Gasteiger partial charge in [-0.3, -0.25) is 9.36 Å². The van der Waals surface area contributed by atoms with Crippen molar-refractivity contribution in [2.24, 2.45) is 5.73 Å². The minimum Gasteiger partial charge on any atom is -0.472 e. The molecule has 0 unspecified atom stereocenters. The van der Waals surface area contributed by atoms with Gasteiger partial charge < -0.3 is 10.5 Å². The summed E-state index contributed by atoms with van der Waals surface area (Å²) in [6.45, 7) is 0.810. The standard InChI is InChI=1S/C18H16BrN3O2/c19-16-17(24-11-14-4-2-1-3-5-14)21-12-22(18(16)23)15-8-6-13(10-20)7-9-15/h1-9,12H,10-11,20H2. The van der Waals surface area contributed by atoms with Crippen LogP contribution < -0.4 is 16.0 Å². The topological polar surface area (TPSA) is 70.1 Å². The fourth-order valence-electron chi connectivity index (χ4n) is 2.22. The van der Waals surface area contributed by atoms with Crippen molar-refractivity contribution >= 4 is 15.9 Å². The van der Waals surface area contributed by atoms with Crippen LogP contribution >= 0.6 is 15.9 Å². The van der Waals surface area contributed by atoms with Gasteiger partial charge in [0.2, 0.25) is 5.88 Å². The molecule has 0 aliphatic carbocycles. The smallest absolute Gasteiger partial charge is 0.276 e. The molecule has 0 saturated carbocycles. The first kappa shape index (κ1) is 16.4.